The number of hydrogen-bond donors (Lipinski definition) is 0. The summed E-state index contributed by atoms with van der Waals surface area (Å²) in [4.78, 5) is 6.81. The van der Waals surface area contributed by atoms with Gasteiger partial charge in [-0.15, -0.1) is 0 Å². The molecule has 1 aromatic heterocycles. The number of likely N-dealkylation sites (tertiary alicyclic amines) is 1. The number of halogens is 1. The van der Waals surface area contributed by atoms with Crippen molar-refractivity contribution in [2.45, 2.75) is 39.2 Å². The molecule has 4 heteroatoms. The summed E-state index contributed by atoms with van der Waals surface area (Å²) >= 11 is 0. The average Bonchev–Trinajstić information content (AvgIpc) is 3.11. The fraction of sp³-hybridized carbons (Fsp3) is 0.500. The maximum Gasteiger partial charge on any atom is 0.123 e. The molecule has 0 spiro atoms. The zero-order chi connectivity index (χ0) is 18.4. The summed E-state index contributed by atoms with van der Waals surface area (Å²) in [6.07, 6.45) is 6.95. The van der Waals surface area contributed by atoms with Crippen molar-refractivity contribution in [3.63, 3.8) is 0 Å². The van der Waals surface area contributed by atoms with Crippen LogP contribution >= 0.6 is 0 Å². The van der Waals surface area contributed by atoms with Gasteiger partial charge in [0.1, 0.15) is 5.82 Å². The van der Waals surface area contributed by atoms with Crippen LogP contribution < -0.4 is 0 Å². The number of hydrogen-bond acceptors (Lipinski definition) is 3. The van der Waals surface area contributed by atoms with E-state index in [1.165, 1.54) is 11.1 Å². The number of benzene rings is 1. The van der Waals surface area contributed by atoms with E-state index in [0.717, 1.165) is 45.6 Å². The van der Waals surface area contributed by atoms with E-state index >= 15 is 0 Å². The second kappa shape index (κ2) is 8.74. The van der Waals surface area contributed by atoms with Crippen LogP contribution in [0.25, 0.3) is 0 Å². The first kappa shape index (κ1) is 19.0. The van der Waals surface area contributed by atoms with Crippen LogP contribution in [0.5, 0.6) is 0 Å². The molecule has 0 amide bonds. The Hall–Kier alpha value is -1.78. The monoisotopic (exact) mass is 356 g/mol. The van der Waals surface area contributed by atoms with Gasteiger partial charge in [-0.1, -0.05) is 18.2 Å². The summed E-state index contributed by atoms with van der Waals surface area (Å²) < 4.78 is 19.0. The third kappa shape index (κ3) is 4.68. The molecule has 2 unspecified atom stereocenters. The number of ether oxygens (including phenoxy) is 1. The Morgan fingerprint density at radius 1 is 1.27 bits per heavy atom. The van der Waals surface area contributed by atoms with E-state index in [1.807, 2.05) is 30.6 Å². The van der Waals surface area contributed by atoms with E-state index < -0.39 is 0 Å². The summed E-state index contributed by atoms with van der Waals surface area (Å²) in [6.45, 7) is 7.96. The second-order valence-corrected chi connectivity index (χ2v) is 7.45. The lowest BCUT2D eigenvalue weighted by atomic mass is 9.82. The molecule has 2 aromatic rings. The smallest absolute Gasteiger partial charge is 0.123 e. The minimum Gasteiger partial charge on any atom is -0.381 e. The molecular weight excluding hydrogens is 327 g/mol. The lowest BCUT2D eigenvalue weighted by Gasteiger charge is -2.31. The summed E-state index contributed by atoms with van der Waals surface area (Å²) in [6, 6.07) is 11.4. The summed E-state index contributed by atoms with van der Waals surface area (Å²) in [5.41, 5.74) is 2.63. The zero-order valence-electron chi connectivity index (χ0n) is 15.8. The number of nitrogens with zero attached hydrogens (tertiary/aromatic N) is 2. The van der Waals surface area contributed by atoms with Gasteiger partial charge in [0.05, 0.1) is 6.61 Å². The molecule has 0 N–H and O–H groups in total. The number of rotatable bonds is 8. The molecule has 0 bridgehead atoms. The summed E-state index contributed by atoms with van der Waals surface area (Å²) in [5.74, 6) is -0.171. The molecule has 1 aliphatic heterocycles. The van der Waals surface area contributed by atoms with Gasteiger partial charge >= 0.3 is 0 Å². The van der Waals surface area contributed by atoms with Crippen molar-refractivity contribution < 1.29 is 9.13 Å². The van der Waals surface area contributed by atoms with Crippen LogP contribution in [-0.2, 0) is 11.2 Å². The van der Waals surface area contributed by atoms with Crippen molar-refractivity contribution in [2.24, 2.45) is 5.41 Å². The van der Waals surface area contributed by atoms with Gasteiger partial charge < -0.3 is 4.74 Å². The fourth-order valence-electron chi connectivity index (χ4n) is 3.91. The van der Waals surface area contributed by atoms with Crippen LogP contribution in [0.2, 0.25) is 0 Å². The first-order valence-corrected chi connectivity index (χ1v) is 9.58. The van der Waals surface area contributed by atoms with Crippen molar-refractivity contribution in [1.29, 1.82) is 0 Å². The maximum atomic E-state index is 13.1. The van der Waals surface area contributed by atoms with E-state index in [9.17, 15) is 4.39 Å². The minimum absolute atomic E-state index is 0.168. The molecular formula is C22H29FN2O. The molecule has 0 radical (unpaired) electrons. The van der Waals surface area contributed by atoms with Gasteiger partial charge in [0, 0.05) is 37.0 Å². The predicted molar refractivity (Wildman–Crippen MR) is 102 cm³/mol. The molecule has 1 saturated heterocycles. The molecule has 26 heavy (non-hydrogen) atoms. The largest absolute Gasteiger partial charge is 0.381 e. The average molecular weight is 356 g/mol. The highest BCUT2D eigenvalue weighted by molar-refractivity contribution is 5.17. The molecule has 0 saturated carbocycles. The van der Waals surface area contributed by atoms with Gasteiger partial charge in [-0.05, 0) is 69.0 Å². The van der Waals surface area contributed by atoms with Crippen LogP contribution in [0.3, 0.4) is 0 Å². The molecule has 2 atom stereocenters. The molecule has 1 aliphatic rings. The molecule has 3 nitrogen and oxygen atoms in total. The van der Waals surface area contributed by atoms with Crippen LogP contribution in [0.1, 0.15) is 43.9 Å². The van der Waals surface area contributed by atoms with Crippen molar-refractivity contribution in [3.8, 4) is 0 Å². The topological polar surface area (TPSA) is 25.4 Å². The lowest BCUT2D eigenvalue weighted by Crippen LogP contribution is -2.33. The Balaban J connectivity index is 1.66. The molecule has 140 valence electrons. The molecule has 1 aromatic carbocycles. The summed E-state index contributed by atoms with van der Waals surface area (Å²) in [5, 5.41) is 0. The number of pyridine rings is 1. The highest BCUT2D eigenvalue weighted by Crippen LogP contribution is 2.39. The van der Waals surface area contributed by atoms with E-state index in [0.29, 0.717) is 6.04 Å². The van der Waals surface area contributed by atoms with Gasteiger partial charge in [0.25, 0.3) is 0 Å². The Labute approximate surface area is 156 Å². The highest BCUT2D eigenvalue weighted by Gasteiger charge is 2.39. The Kier molecular flexibility index (Phi) is 6.38. The van der Waals surface area contributed by atoms with E-state index in [2.05, 4.69) is 29.8 Å². The normalized spacial score (nSPS) is 21.8. The molecule has 3 rings (SSSR count). The first-order chi connectivity index (χ1) is 12.6. The first-order valence-electron chi connectivity index (χ1n) is 9.58. The van der Waals surface area contributed by atoms with Crippen molar-refractivity contribution in [3.05, 3.63) is 65.7 Å². The van der Waals surface area contributed by atoms with Gasteiger partial charge in [0.15, 0.2) is 0 Å². The summed E-state index contributed by atoms with van der Waals surface area (Å²) in [7, 11) is 0. The van der Waals surface area contributed by atoms with Gasteiger partial charge in [0.2, 0.25) is 0 Å². The van der Waals surface area contributed by atoms with Crippen LogP contribution in [0, 0.1) is 11.2 Å². The molecule has 0 aliphatic carbocycles. The highest BCUT2D eigenvalue weighted by atomic mass is 19.1. The SMILES string of the molecule is CCOCC1(CCc2ccc(F)cc2)CCN(C(C)c2cccnc2)C1. The zero-order valence-corrected chi connectivity index (χ0v) is 15.8. The number of aromatic nitrogens is 1. The second-order valence-electron chi connectivity index (χ2n) is 7.45. The molecule has 2 heterocycles. The number of aryl methyl sites for hydroxylation is 1. The van der Waals surface area contributed by atoms with Gasteiger partial charge in [-0.25, -0.2) is 4.39 Å². The minimum atomic E-state index is -0.171. The van der Waals surface area contributed by atoms with E-state index in [-0.39, 0.29) is 11.2 Å². The van der Waals surface area contributed by atoms with Gasteiger partial charge in [-0.2, -0.15) is 0 Å². The standard InChI is InChI=1S/C22H29FN2O/c1-3-26-17-22(11-10-19-6-8-21(23)9-7-19)12-14-25(16-22)18(2)20-5-4-13-24-15-20/h4-9,13,15,18H,3,10-12,14,16-17H2,1-2H3. The van der Waals surface area contributed by atoms with E-state index in [4.69, 9.17) is 4.74 Å². The van der Waals surface area contributed by atoms with Gasteiger partial charge in [-0.3, -0.25) is 9.88 Å². The maximum absolute atomic E-state index is 13.1. The Morgan fingerprint density at radius 2 is 2.08 bits per heavy atom. The Bertz CT molecular complexity index is 676. The third-order valence-electron chi connectivity index (χ3n) is 5.65. The fourth-order valence-corrected chi connectivity index (χ4v) is 3.91. The quantitative estimate of drug-likeness (QED) is 0.689. The lowest BCUT2D eigenvalue weighted by molar-refractivity contribution is 0.0466. The Morgan fingerprint density at radius 3 is 2.77 bits per heavy atom. The van der Waals surface area contributed by atoms with Crippen LogP contribution in [-0.4, -0.2) is 36.2 Å². The predicted octanol–water partition coefficient (Wildman–Crippen LogP) is 4.64. The van der Waals surface area contributed by atoms with Crippen LogP contribution in [0.4, 0.5) is 4.39 Å². The third-order valence-corrected chi connectivity index (χ3v) is 5.65. The van der Waals surface area contributed by atoms with Crippen LogP contribution in [0.15, 0.2) is 48.8 Å². The molecule has 1 fully saturated rings. The van der Waals surface area contributed by atoms with Crippen molar-refractivity contribution in [1.82, 2.24) is 9.88 Å². The van der Waals surface area contributed by atoms with Crippen molar-refractivity contribution in [2.75, 3.05) is 26.3 Å². The van der Waals surface area contributed by atoms with E-state index in [1.54, 1.807) is 12.1 Å². The van der Waals surface area contributed by atoms with Crippen molar-refractivity contribution >= 4 is 0 Å².